The maximum atomic E-state index is 11.8. The maximum absolute atomic E-state index is 11.8. The second-order valence-electron chi connectivity index (χ2n) is 6.81. The molecule has 1 aliphatic rings. The van der Waals surface area contributed by atoms with Gasteiger partial charge in [0.15, 0.2) is 0 Å². The molecule has 0 aliphatic heterocycles. The number of aliphatic hydroxyl groups is 1. The van der Waals surface area contributed by atoms with Crippen LogP contribution in [0.2, 0.25) is 0 Å². The van der Waals surface area contributed by atoms with Crippen LogP contribution in [0.5, 0.6) is 0 Å². The van der Waals surface area contributed by atoms with Crippen LogP contribution in [0.25, 0.3) is 0 Å². The summed E-state index contributed by atoms with van der Waals surface area (Å²) in [6.45, 7) is 5.06. The van der Waals surface area contributed by atoms with Crippen molar-refractivity contribution in [3.63, 3.8) is 0 Å². The van der Waals surface area contributed by atoms with Crippen LogP contribution in [-0.2, 0) is 14.3 Å². The summed E-state index contributed by atoms with van der Waals surface area (Å²) < 4.78 is 10.5. The van der Waals surface area contributed by atoms with E-state index in [0.717, 1.165) is 25.7 Å². The van der Waals surface area contributed by atoms with Crippen molar-refractivity contribution in [1.29, 1.82) is 0 Å². The molecule has 0 spiro atoms. The summed E-state index contributed by atoms with van der Waals surface area (Å²) in [6.07, 6.45) is 5.25. The molecule has 0 heterocycles. The van der Waals surface area contributed by atoms with Crippen LogP contribution < -0.4 is 5.32 Å². The van der Waals surface area contributed by atoms with Gasteiger partial charge in [-0.15, -0.1) is 0 Å². The Balaban J connectivity index is 2.27. The molecule has 1 fully saturated rings. The largest absolute Gasteiger partial charge is 0.462 e. The lowest BCUT2D eigenvalue weighted by Crippen LogP contribution is -2.41. The van der Waals surface area contributed by atoms with Crippen molar-refractivity contribution in [2.45, 2.75) is 83.5 Å². The van der Waals surface area contributed by atoms with Gasteiger partial charge in [-0.05, 0) is 52.9 Å². The number of esters is 1. The lowest BCUT2D eigenvalue weighted by Gasteiger charge is -2.23. The Kier molecular flexibility index (Phi) is 7.65. The van der Waals surface area contributed by atoms with Gasteiger partial charge in [-0.1, -0.05) is 6.42 Å². The first kappa shape index (κ1) is 18.7. The number of hydrogen-bond acceptors (Lipinski definition) is 5. The Morgan fingerprint density at radius 1 is 1.23 bits per heavy atom. The summed E-state index contributed by atoms with van der Waals surface area (Å²) in [7, 11) is 0. The minimum absolute atomic E-state index is 0.0349. The third-order valence-electron chi connectivity index (χ3n) is 3.49. The lowest BCUT2D eigenvalue weighted by atomic mass is 9.98. The van der Waals surface area contributed by atoms with Gasteiger partial charge in [-0.25, -0.2) is 4.79 Å². The van der Waals surface area contributed by atoms with Gasteiger partial charge in [0.25, 0.3) is 0 Å². The molecule has 6 heteroatoms. The van der Waals surface area contributed by atoms with E-state index < -0.39 is 17.7 Å². The second kappa shape index (κ2) is 8.98. The number of alkyl carbamates (subject to hydrolysis) is 1. The molecule has 0 aromatic heterocycles. The van der Waals surface area contributed by atoms with Gasteiger partial charge in [0.05, 0.1) is 12.6 Å². The average molecular weight is 315 g/mol. The molecular weight excluding hydrogens is 286 g/mol. The first-order valence-electron chi connectivity index (χ1n) is 8.10. The van der Waals surface area contributed by atoms with Gasteiger partial charge in [-0.3, -0.25) is 4.79 Å². The standard InChI is InChI=1S/C16H29NO5/c1-16(2,3)22-15(20)17-12(11-18)9-10-14(19)21-13-7-5-4-6-8-13/h12-13,18H,4-11H2,1-3H3,(H,17,20). The fourth-order valence-corrected chi connectivity index (χ4v) is 2.40. The summed E-state index contributed by atoms with van der Waals surface area (Å²) in [5.74, 6) is -0.267. The van der Waals surface area contributed by atoms with E-state index in [-0.39, 0.29) is 25.1 Å². The number of amides is 1. The second-order valence-corrected chi connectivity index (χ2v) is 6.81. The van der Waals surface area contributed by atoms with Gasteiger partial charge in [-0.2, -0.15) is 0 Å². The number of carbonyl (C=O) groups is 2. The predicted molar refractivity (Wildman–Crippen MR) is 82.4 cm³/mol. The molecule has 0 bridgehead atoms. The summed E-state index contributed by atoms with van der Waals surface area (Å²) in [4.78, 5) is 23.4. The number of carbonyl (C=O) groups excluding carboxylic acids is 2. The highest BCUT2D eigenvalue weighted by molar-refractivity contribution is 5.70. The van der Waals surface area contributed by atoms with Crippen LogP contribution in [0, 0.1) is 0 Å². The van der Waals surface area contributed by atoms with E-state index in [9.17, 15) is 14.7 Å². The monoisotopic (exact) mass is 315 g/mol. The molecule has 6 nitrogen and oxygen atoms in total. The van der Waals surface area contributed by atoms with Crippen molar-refractivity contribution in [3.8, 4) is 0 Å². The zero-order valence-corrected chi connectivity index (χ0v) is 13.9. The third kappa shape index (κ3) is 8.22. The summed E-state index contributed by atoms with van der Waals surface area (Å²) in [6, 6.07) is -0.506. The van der Waals surface area contributed by atoms with Crippen LogP contribution in [-0.4, -0.2) is 41.5 Å². The summed E-state index contributed by atoms with van der Waals surface area (Å²) in [5, 5.41) is 11.8. The minimum Gasteiger partial charge on any atom is -0.462 e. The van der Waals surface area contributed by atoms with E-state index in [2.05, 4.69) is 5.32 Å². The molecule has 22 heavy (non-hydrogen) atoms. The number of rotatable bonds is 6. The van der Waals surface area contributed by atoms with E-state index in [1.54, 1.807) is 20.8 Å². The molecule has 0 saturated heterocycles. The van der Waals surface area contributed by atoms with Crippen molar-refractivity contribution >= 4 is 12.1 Å². The van der Waals surface area contributed by atoms with Crippen LogP contribution in [0.1, 0.15) is 65.7 Å². The Morgan fingerprint density at radius 2 is 1.86 bits per heavy atom. The molecule has 1 unspecified atom stereocenters. The molecule has 0 radical (unpaired) electrons. The predicted octanol–water partition coefficient (Wildman–Crippen LogP) is 2.53. The molecule has 1 atom stereocenters. The Hall–Kier alpha value is -1.30. The number of ether oxygens (including phenoxy) is 2. The topological polar surface area (TPSA) is 84.9 Å². The fourth-order valence-electron chi connectivity index (χ4n) is 2.40. The van der Waals surface area contributed by atoms with E-state index >= 15 is 0 Å². The van der Waals surface area contributed by atoms with Gasteiger partial charge < -0.3 is 19.9 Å². The smallest absolute Gasteiger partial charge is 0.407 e. The SMILES string of the molecule is CC(C)(C)OC(=O)NC(CO)CCC(=O)OC1CCCCC1. The summed E-state index contributed by atoms with van der Waals surface area (Å²) in [5.41, 5.74) is -0.593. The highest BCUT2D eigenvalue weighted by atomic mass is 16.6. The van der Waals surface area contributed by atoms with Crippen LogP contribution >= 0.6 is 0 Å². The van der Waals surface area contributed by atoms with Crippen LogP contribution in [0.4, 0.5) is 4.79 Å². The molecule has 2 N–H and O–H groups in total. The van der Waals surface area contributed by atoms with Crippen molar-refractivity contribution in [2.75, 3.05) is 6.61 Å². The minimum atomic E-state index is -0.593. The van der Waals surface area contributed by atoms with Gasteiger partial charge in [0.1, 0.15) is 11.7 Å². The molecule has 1 amide bonds. The maximum Gasteiger partial charge on any atom is 0.407 e. The van der Waals surface area contributed by atoms with Crippen LogP contribution in [0.3, 0.4) is 0 Å². The zero-order valence-electron chi connectivity index (χ0n) is 13.9. The molecule has 0 aromatic rings. The molecular formula is C16H29NO5. The third-order valence-corrected chi connectivity index (χ3v) is 3.49. The van der Waals surface area contributed by atoms with Crippen molar-refractivity contribution in [3.05, 3.63) is 0 Å². The van der Waals surface area contributed by atoms with Gasteiger partial charge >= 0.3 is 12.1 Å². The lowest BCUT2D eigenvalue weighted by molar-refractivity contribution is -0.150. The fraction of sp³-hybridized carbons (Fsp3) is 0.875. The Morgan fingerprint density at radius 3 is 2.41 bits per heavy atom. The molecule has 0 aromatic carbocycles. The van der Waals surface area contributed by atoms with E-state index in [1.165, 1.54) is 6.42 Å². The Bertz CT molecular complexity index is 358. The van der Waals surface area contributed by atoms with Crippen molar-refractivity contribution in [2.24, 2.45) is 0 Å². The van der Waals surface area contributed by atoms with E-state index in [4.69, 9.17) is 9.47 Å². The normalized spacial score (nSPS) is 17.6. The van der Waals surface area contributed by atoms with E-state index in [1.807, 2.05) is 0 Å². The van der Waals surface area contributed by atoms with Crippen LogP contribution in [0.15, 0.2) is 0 Å². The highest BCUT2D eigenvalue weighted by Gasteiger charge is 2.21. The highest BCUT2D eigenvalue weighted by Crippen LogP contribution is 2.20. The number of nitrogens with one attached hydrogen (secondary N) is 1. The van der Waals surface area contributed by atoms with Crippen molar-refractivity contribution < 1.29 is 24.2 Å². The Labute approximate surface area is 132 Å². The number of aliphatic hydroxyl groups excluding tert-OH is 1. The number of hydrogen-bond donors (Lipinski definition) is 2. The summed E-state index contributed by atoms with van der Waals surface area (Å²) >= 11 is 0. The van der Waals surface area contributed by atoms with E-state index in [0.29, 0.717) is 6.42 Å². The van der Waals surface area contributed by atoms with Crippen molar-refractivity contribution in [1.82, 2.24) is 5.32 Å². The van der Waals surface area contributed by atoms with Gasteiger partial charge in [0.2, 0.25) is 0 Å². The first-order valence-corrected chi connectivity index (χ1v) is 8.10. The van der Waals surface area contributed by atoms with Gasteiger partial charge in [0, 0.05) is 6.42 Å². The molecule has 128 valence electrons. The quantitative estimate of drug-likeness (QED) is 0.736. The average Bonchev–Trinajstić information content (AvgIpc) is 2.42. The zero-order chi connectivity index (χ0) is 16.6. The molecule has 1 saturated carbocycles. The molecule has 1 aliphatic carbocycles. The first-order chi connectivity index (χ1) is 10.3. The molecule has 1 rings (SSSR count).